The summed E-state index contributed by atoms with van der Waals surface area (Å²) in [4.78, 5) is 6.73. The Labute approximate surface area is 156 Å². The summed E-state index contributed by atoms with van der Waals surface area (Å²) in [6.45, 7) is 8.92. The van der Waals surface area contributed by atoms with Gasteiger partial charge in [-0.3, -0.25) is 9.67 Å². The van der Waals surface area contributed by atoms with Crippen molar-refractivity contribution >= 4 is 29.9 Å². The van der Waals surface area contributed by atoms with E-state index in [1.807, 2.05) is 14.0 Å². The van der Waals surface area contributed by atoms with Gasteiger partial charge in [0.25, 0.3) is 0 Å². The minimum Gasteiger partial charge on any atom is -0.384 e. The molecule has 0 radical (unpaired) electrons. The van der Waals surface area contributed by atoms with Crippen LogP contribution in [0.2, 0.25) is 0 Å². The molecular weight excluding hydrogens is 405 g/mol. The summed E-state index contributed by atoms with van der Waals surface area (Å²) in [6.07, 6.45) is 2.22. The van der Waals surface area contributed by atoms with Crippen molar-refractivity contribution in [2.75, 3.05) is 40.4 Å². The Kier molecular flexibility index (Phi) is 8.90. The molecule has 1 aliphatic heterocycles. The first-order valence-electron chi connectivity index (χ1n) is 8.09. The maximum atomic E-state index is 5.25. The lowest BCUT2D eigenvalue weighted by Gasteiger charge is -2.21. The van der Waals surface area contributed by atoms with Crippen molar-refractivity contribution in [3.63, 3.8) is 0 Å². The summed E-state index contributed by atoms with van der Waals surface area (Å²) < 4.78 is 7.33. The molecule has 1 saturated heterocycles. The Morgan fingerprint density at radius 3 is 2.87 bits per heavy atom. The first-order chi connectivity index (χ1) is 10.6. The predicted molar refractivity (Wildman–Crippen MR) is 105 cm³/mol. The van der Waals surface area contributed by atoms with E-state index in [0.717, 1.165) is 50.9 Å². The molecule has 1 aromatic heterocycles. The number of hydrogen-bond donors (Lipinski definition) is 1. The van der Waals surface area contributed by atoms with Crippen molar-refractivity contribution in [3.05, 3.63) is 17.5 Å². The average Bonchev–Trinajstić information content (AvgIpc) is 3.06. The largest absolute Gasteiger partial charge is 0.384 e. The number of likely N-dealkylation sites (tertiary alicyclic amines) is 1. The van der Waals surface area contributed by atoms with Crippen LogP contribution in [-0.2, 0) is 11.3 Å². The number of aryl methyl sites for hydroxylation is 3. The molecule has 2 heterocycles. The maximum Gasteiger partial charge on any atom is 0.193 e. The second kappa shape index (κ2) is 10.1. The van der Waals surface area contributed by atoms with Gasteiger partial charge in [0.05, 0.1) is 12.3 Å². The van der Waals surface area contributed by atoms with Crippen molar-refractivity contribution in [3.8, 4) is 0 Å². The van der Waals surface area contributed by atoms with E-state index in [1.165, 1.54) is 12.1 Å². The zero-order valence-corrected chi connectivity index (χ0v) is 17.0. The van der Waals surface area contributed by atoms with E-state index in [9.17, 15) is 0 Å². The van der Waals surface area contributed by atoms with Gasteiger partial charge in [-0.2, -0.15) is 5.10 Å². The number of guanidine groups is 1. The Balaban J connectivity index is 0.00000264. The molecule has 7 heteroatoms. The molecule has 1 unspecified atom stereocenters. The van der Waals surface area contributed by atoms with Gasteiger partial charge in [0.1, 0.15) is 0 Å². The highest BCUT2D eigenvalue weighted by molar-refractivity contribution is 14.0. The van der Waals surface area contributed by atoms with Gasteiger partial charge in [-0.05, 0) is 32.8 Å². The molecule has 0 bridgehead atoms. The zero-order chi connectivity index (χ0) is 15.9. The van der Waals surface area contributed by atoms with Crippen molar-refractivity contribution in [2.24, 2.45) is 10.9 Å². The number of methoxy groups -OCH3 is 1. The molecule has 0 saturated carbocycles. The molecule has 23 heavy (non-hydrogen) atoms. The van der Waals surface area contributed by atoms with Crippen LogP contribution in [0.4, 0.5) is 0 Å². The minimum atomic E-state index is 0. The van der Waals surface area contributed by atoms with Crippen LogP contribution in [-0.4, -0.2) is 61.0 Å². The number of halogens is 1. The van der Waals surface area contributed by atoms with Gasteiger partial charge in [-0.1, -0.05) is 0 Å². The normalized spacial score (nSPS) is 18.2. The minimum absolute atomic E-state index is 0. The van der Waals surface area contributed by atoms with Gasteiger partial charge >= 0.3 is 0 Å². The molecule has 0 aliphatic carbocycles. The molecule has 6 nitrogen and oxygen atoms in total. The van der Waals surface area contributed by atoms with Crippen LogP contribution in [0, 0.1) is 19.8 Å². The monoisotopic (exact) mass is 435 g/mol. The third-order valence-corrected chi connectivity index (χ3v) is 4.13. The predicted octanol–water partition coefficient (Wildman–Crippen LogP) is 2.05. The van der Waals surface area contributed by atoms with Crippen LogP contribution in [0.15, 0.2) is 11.1 Å². The molecule has 2 rings (SSSR count). The van der Waals surface area contributed by atoms with Crippen molar-refractivity contribution < 1.29 is 4.74 Å². The molecule has 1 fully saturated rings. The summed E-state index contributed by atoms with van der Waals surface area (Å²) in [5.74, 6) is 1.63. The fourth-order valence-electron chi connectivity index (χ4n) is 3.06. The van der Waals surface area contributed by atoms with E-state index < -0.39 is 0 Å². The number of nitrogens with one attached hydrogen (secondary N) is 1. The molecular formula is C16H30IN5O. The first kappa shape index (κ1) is 20.2. The third-order valence-electron chi connectivity index (χ3n) is 4.13. The number of rotatable bonds is 6. The Morgan fingerprint density at radius 2 is 2.26 bits per heavy atom. The van der Waals surface area contributed by atoms with Crippen molar-refractivity contribution in [1.82, 2.24) is 20.0 Å². The lowest BCUT2D eigenvalue weighted by Crippen LogP contribution is -2.40. The highest BCUT2D eigenvalue weighted by Gasteiger charge is 2.24. The molecule has 132 valence electrons. The summed E-state index contributed by atoms with van der Waals surface area (Å²) in [5.41, 5.74) is 2.31. The standard InChI is InChI=1S/C16H29N5O.HI/c1-13-10-14(2)21(19-13)8-5-7-18-16(17-3)20-9-6-15(11-20)12-22-4;/h10,15H,5-9,11-12H2,1-4H3,(H,17,18);1H. The molecule has 1 N–H and O–H groups in total. The summed E-state index contributed by atoms with van der Waals surface area (Å²) in [7, 11) is 3.63. The van der Waals surface area contributed by atoms with Gasteiger partial charge in [-0.25, -0.2) is 0 Å². The third kappa shape index (κ3) is 5.95. The molecule has 1 aromatic rings. The average molecular weight is 435 g/mol. The molecule has 1 aliphatic rings. The lowest BCUT2D eigenvalue weighted by molar-refractivity contribution is 0.157. The fraction of sp³-hybridized carbons (Fsp3) is 0.750. The highest BCUT2D eigenvalue weighted by atomic mass is 127. The number of hydrogen-bond acceptors (Lipinski definition) is 3. The van der Waals surface area contributed by atoms with E-state index in [0.29, 0.717) is 5.92 Å². The molecule has 0 spiro atoms. The second-order valence-corrected chi connectivity index (χ2v) is 6.03. The second-order valence-electron chi connectivity index (χ2n) is 6.03. The van der Waals surface area contributed by atoms with Crippen LogP contribution in [0.25, 0.3) is 0 Å². The molecule has 0 aromatic carbocycles. The summed E-state index contributed by atoms with van der Waals surface area (Å²) >= 11 is 0. The smallest absolute Gasteiger partial charge is 0.193 e. The van der Waals surface area contributed by atoms with E-state index in [-0.39, 0.29) is 24.0 Å². The Bertz CT molecular complexity index is 503. The highest BCUT2D eigenvalue weighted by Crippen LogP contribution is 2.16. The van der Waals surface area contributed by atoms with Crippen LogP contribution in [0.1, 0.15) is 24.2 Å². The number of nitrogens with zero attached hydrogens (tertiary/aromatic N) is 4. The van der Waals surface area contributed by atoms with Crippen molar-refractivity contribution in [2.45, 2.75) is 33.2 Å². The van der Waals surface area contributed by atoms with Gasteiger partial charge < -0.3 is 15.0 Å². The quantitative estimate of drug-likeness (QED) is 0.322. The number of ether oxygens (including phenoxy) is 1. The SMILES string of the molecule is CN=C(NCCCn1nc(C)cc1C)N1CCC(COC)C1.I. The lowest BCUT2D eigenvalue weighted by atomic mass is 10.1. The van der Waals surface area contributed by atoms with E-state index in [2.05, 4.69) is 38.0 Å². The zero-order valence-electron chi connectivity index (χ0n) is 14.7. The van der Waals surface area contributed by atoms with Crippen molar-refractivity contribution in [1.29, 1.82) is 0 Å². The van der Waals surface area contributed by atoms with Gasteiger partial charge in [0.15, 0.2) is 5.96 Å². The molecule has 1 atom stereocenters. The van der Waals surface area contributed by atoms with Crippen LogP contribution in [0.3, 0.4) is 0 Å². The van der Waals surface area contributed by atoms with Gasteiger partial charge in [-0.15, -0.1) is 24.0 Å². The summed E-state index contributed by atoms with van der Waals surface area (Å²) in [6, 6.07) is 2.12. The van der Waals surface area contributed by atoms with Crippen LogP contribution >= 0.6 is 24.0 Å². The summed E-state index contributed by atoms with van der Waals surface area (Å²) in [5, 5.41) is 7.95. The van der Waals surface area contributed by atoms with E-state index in [4.69, 9.17) is 4.74 Å². The van der Waals surface area contributed by atoms with Crippen LogP contribution in [0.5, 0.6) is 0 Å². The van der Waals surface area contributed by atoms with Gasteiger partial charge in [0, 0.05) is 51.9 Å². The fourth-order valence-corrected chi connectivity index (χ4v) is 3.06. The number of aromatic nitrogens is 2. The Hall–Kier alpha value is -0.830. The van der Waals surface area contributed by atoms with Crippen LogP contribution < -0.4 is 5.32 Å². The first-order valence-corrected chi connectivity index (χ1v) is 8.09. The van der Waals surface area contributed by atoms with E-state index >= 15 is 0 Å². The maximum absolute atomic E-state index is 5.25. The van der Waals surface area contributed by atoms with E-state index in [1.54, 1.807) is 7.11 Å². The topological polar surface area (TPSA) is 54.7 Å². The Morgan fingerprint density at radius 1 is 1.48 bits per heavy atom. The molecule has 0 amide bonds. The number of aliphatic imine (C=N–C) groups is 1. The van der Waals surface area contributed by atoms with Gasteiger partial charge in [0.2, 0.25) is 0 Å².